The van der Waals surface area contributed by atoms with Crippen LogP contribution in [0, 0.1) is 0 Å². The van der Waals surface area contributed by atoms with Crippen molar-refractivity contribution in [2.75, 3.05) is 6.54 Å². The Morgan fingerprint density at radius 3 is 2.17 bits per heavy atom. The van der Waals surface area contributed by atoms with E-state index >= 15 is 0 Å². The van der Waals surface area contributed by atoms with Gasteiger partial charge in [0.15, 0.2) is 0 Å². The maximum absolute atomic E-state index is 13.2. The number of benzene rings is 2. The molecule has 0 aliphatic carbocycles. The number of amides is 2. The fourth-order valence-corrected chi connectivity index (χ4v) is 3.83. The zero-order chi connectivity index (χ0) is 21.6. The lowest BCUT2D eigenvalue weighted by molar-refractivity contribution is -0.140. The topological polar surface area (TPSA) is 49.4 Å². The van der Waals surface area contributed by atoms with Gasteiger partial charge in [0.1, 0.15) is 6.04 Å². The molecule has 2 amide bonds. The van der Waals surface area contributed by atoms with Crippen LogP contribution in [0.15, 0.2) is 36.4 Å². The van der Waals surface area contributed by atoms with Crippen molar-refractivity contribution in [2.24, 2.45) is 0 Å². The summed E-state index contributed by atoms with van der Waals surface area (Å²) in [6, 6.07) is 9.52. The molecule has 0 aliphatic heterocycles. The van der Waals surface area contributed by atoms with E-state index in [2.05, 4.69) is 5.32 Å². The summed E-state index contributed by atoms with van der Waals surface area (Å²) < 4.78 is 0. The number of rotatable bonds is 8. The number of hydrogen-bond donors (Lipinski definition) is 1. The Morgan fingerprint density at radius 1 is 0.966 bits per heavy atom. The Kier molecular flexibility index (Phi) is 9.09. The average molecular weight is 476 g/mol. The van der Waals surface area contributed by atoms with E-state index in [4.69, 9.17) is 46.4 Å². The quantitative estimate of drug-likeness (QED) is 0.525. The number of likely N-dealkylation sites (N-methyl/N-ethyl adjacent to an activating group) is 1. The van der Waals surface area contributed by atoms with Crippen molar-refractivity contribution < 1.29 is 9.59 Å². The molecule has 2 aromatic rings. The van der Waals surface area contributed by atoms with Crippen molar-refractivity contribution >= 4 is 58.2 Å². The molecule has 1 atom stereocenters. The van der Waals surface area contributed by atoms with Crippen LogP contribution in [0.3, 0.4) is 0 Å². The van der Waals surface area contributed by atoms with Crippen LogP contribution >= 0.6 is 46.4 Å². The van der Waals surface area contributed by atoms with Crippen molar-refractivity contribution in [3.05, 3.63) is 67.6 Å². The molecular weight excluding hydrogens is 454 g/mol. The van der Waals surface area contributed by atoms with Gasteiger partial charge in [0.25, 0.3) is 0 Å². The van der Waals surface area contributed by atoms with Crippen molar-refractivity contribution in [1.82, 2.24) is 10.2 Å². The van der Waals surface area contributed by atoms with Gasteiger partial charge >= 0.3 is 0 Å². The third kappa shape index (κ3) is 6.26. The molecule has 8 heteroatoms. The molecule has 0 spiro atoms. The molecule has 2 rings (SSSR count). The van der Waals surface area contributed by atoms with Crippen LogP contribution in [0.2, 0.25) is 20.1 Å². The zero-order valence-corrected chi connectivity index (χ0v) is 19.2. The first-order chi connectivity index (χ1) is 13.8. The predicted molar refractivity (Wildman–Crippen MR) is 120 cm³/mol. The minimum Gasteiger partial charge on any atom is -0.355 e. The van der Waals surface area contributed by atoms with Crippen LogP contribution in [-0.2, 0) is 22.6 Å². The SMILES string of the molecule is CCNC(=O)C(CC)N(Cc1c(Cl)cccc1Cl)C(=O)Cc1ccc(Cl)c(Cl)c1. The molecule has 4 nitrogen and oxygen atoms in total. The Morgan fingerprint density at radius 2 is 1.62 bits per heavy atom. The molecule has 29 heavy (non-hydrogen) atoms. The van der Waals surface area contributed by atoms with Crippen LogP contribution < -0.4 is 5.32 Å². The molecule has 2 aromatic carbocycles. The van der Waals surface area contributed by atoms with Gasteiger partial charge in [0, 0.05) is 28.7 Å². The smallest absolute Gasteiger partial charge is 0.242 e. The second-order valence-corrected chi connectivity index (χ2v) is 8.09. The molecular formula is C21H22Cl4N2O2. The second-order valence-electron chi connectivity index (χ2n) is 6.47. The van der Waals surface area contributed by atoms with Crippen molar-refractivity contribution in [1.29, 1.82) is 0 Å². The highest BCUT2D eigenvalue weighted by Gasteiger charge is 2.29. The number of hydrogen-bond acceptors (Lipinski definition) is 2. The van der Waals surface area contributed by atoms with Crippen LogP contribution in [-0.4, -0.2) is 29.3 Å². The summed E-state index contributed by atoms with van der Waals surface area (Å²) in [6.07, 6.45) is 0.510. The number of nitrogens with zero attached hydrogens (tertiary/aromatic N) is 1. The largest absolute Gasteiger partial charge is 0.355 e. The van der Waals surface area contributed by atoms with E-state index in [-0.39, 0.29) is 24.8 Å². The fourth-order valence-electron chi connectivity index (χ4n) is 2.99. The van der Waals surface area contributed by atoms with E-state index < -0.39 is 6.04 Å². The molecule has 0 aromatic heterocycles. The third-order valence-electron chi connectivity index (χ3n) is 4.47. The molecule has 0 radical (unpaired) electrons. The number of halogens is 4. The predicted octanol–water partition coefficient (Wildman–Crippen LogP) is 5.79. The first-order valence-electron chi connectivity index (χ1n) is 9.22. The van der Waals surface area contributed by atoms with E-state index in [0.29, 0.717) is 44.2 Å². The van der Waals surface area contributed by atoms with E-state index in [1.54, 1.807) is 36.4 Å². The highest BCUT2D eigenvalue weighted by atomic mass is 35.5. The maximum Gasteiger partial charge on any atom is 0.242 e. The molecule has 156 valence electrons. The summed E-state index contributed by atoms with van der Waals surface area (Å²) in [7, 11) is 0. The molecule has 1 unspecified atom stereocenters. The van der Waals surface area contributed by atoms with Gasteiger partial charge in [-0.15, -0.1) is 0 Å². The Hall–Kier alpha value is -1.46. The van der Waals surface area contributed by atoms with Crippen molar-refractivity contribution in [3.63, 3.8) is 0 Å². The minimum atomic E-state index is -0.655. The van der Waals surface area contributed by atoms with Gasteiger partial charge in [-0.05, 0) is 43.2 Å². The summed E-state index contributed by atoms with van der Waals surface area (Å²) >= 11 is 24.7. The average Bonchev–Trinajstić information content (AvgIpc) is 2.67. The Bertz CT molecular complexity index is 869. The molecule has 0 heterocycles. The van der Waals surface area contributed by atoms with Gasteiger partial charge in [-0.3, -0.25) is 9.59 Å². The lowest BCUT2D eigenvalue weighted by atomic mass is 10.1. The lowest BCUT2D eigenvalue weighted by Crippen LogP contribution is -2.49. The van der Waals surface area contributed by atoms with Gasteiger partial charge in [0.2, 0.25) is 11.8 Å². The highest BCUT2D eigenvalue weighted by Crippen LogP contribution is 2.28. The summed E-state index contributed by atoms with van der Waals surface area (Å²) in [6.45, 7) is 4.27. The second kappa shape index (κ2) is 11.1. The number of nitrogens with one attached hydrogen (secondary N) is 1. The standard InChI is InChI=1S/C21H22Cl4N2O2/c1-3-19(21(29)26-4-2)27(12-14-15(22)6-5-7-16(14)23)20(28)11-13-8-9-17(24)18(25)10-13/h5-10,19H,3-4,11-12H2,1-2H3,(H,26,29). The van der Waals surface area contributed by atoms with Gasteiger partial charge < -0.3 is 10.2 Å². The van der Waals surface area contributed by atoms with Gasteiger partial charge in [-0.25, -0.2) is 0 Å². The zero-order valence-electron chi connectivity index (χ0n) is 16.1. The molecule has 0 saturated heterocycles. The van der Waals surface area contributed by atoms with Crippen LogP contribution in [0.5, 0.6) is 0 Å². The Balaban J connectivity index is 2.37. The van der Waals surface area contributed by atoms with Gasteiger partial charge in [-0.1, -0.05) is 65.5 Å². The van der Waals surface area contributed by atoms with Crippen LogP contribution in [0.1, 0.15) is 31.4 Å². The fraction of sp³-hybridized carbons (Fsp3) is 0.333. The Labute approximate surface area is 191 Å². The molecule has 1 N–H and O–H groups in total. The lowest BCUT2D eigenvalue weighted by Gasteiger charge is -2.31. The molecule has 0 saturated carbocycles. The monoisotopic (exact) mass is 474 g/mol. The van der Waals surface area contributed by atoms with Gasteiger partial charge in [-0.2, -0.15) is 0 Å². The van der Waals surface area contributed by atoms with Crippen molar-refractivity contribution in [3.8, 4) is 0 Å². The summed E-state index contributed by atoms with van der Waals surface area (Å²) in [4.78, 5) is 27.4. The first-order valence-corrected chi connectivity index (χ1v) is 10.7. The van der Waals surface area contributed by atoms with Gasteiger partial charge in [0.05, 0.1) is 16.5 Å². The maximum atomic E-state index is 13.2. The van der Waals surface area contributed by atoms with E-state index in [9.17, 15) is 9.59 Å². The third-order valence-corrected chi connectivity index (χ3v) is 5.91. The summed E-state index contributed by atoms with van der Waals surface area (Å²) in [5.41, 5.74) is 1.30. The number of carbonyl (C=O) groups excluding carboxylic acids is 2. The minimum absolute atomic E-state index is 0.0644. The molecule has 0 fully saturated rings. The van der Waals surface area contributed by atoms with Crippen molar-refractivity contribution in [2.45, 2.75) is 39.3 Å². The summed E-state index contributed by atoms with van der Waals surface area (Å²) in [5.74, 6) is -0.460. The highest BCUT2D eigenvalue weighted by molar-refractivity contribution is 6.42. The van der Waals surface area contributed by atoms with Crippen LogP contribution in [0.25, 0.3) is 0 Å². The first kappa shape index (κ1) is 23.8. The van der Waals surface area contributed by atoms with Crippen LogP contribution in [0.4, 0.5) is 0 Å². The number of carbonyl (C=O) groups is 2. The van der Waals surface area contributed by atoms with E-state index in [1.165, 1.54) is 4.90 Å². The molecule has 0 bridgehead atoms. The van der Waals surface area contributed by atoms with E-state index in [0.717, 1.165) is 0 Å². The molecule has 0 aliphatic rings. The van der Waals surface area contributed by atoms with E-state index in [1.807, 2.05) is 13.8 Å². The summed E-state index contributed by atoms with van der Waals surface area (Å²) in [5, 5.41) is 4.45. The normalized spacial score (nSPS) is 11.8.